The number of carbonyl (C=O) groups excluding carboxylic acids is 3. The lowest BCUT2D eigenvalue weighted by molar-refractivity contribution is -0.259. The van der Waals surface area contributed by atoms with E-state index in [1.807, 2.05) is 81.4 Å². The van der Waals surface area contributed by atoms with Gasteiger partial charge in [-0.3, -0.25) is 28.8 Å². The van der Waals surface area contributed by atoms with E-state index in [0.29, 0.717) is 35.7 Å². The highest BCUT2D eigenvalue weighted by Crippen LogP contribution is 2.69. The van der Waals surface area contributed by atoms with E-state index >= 15 is 0 Å². The highest BCUT2D eigenvalue weighted by Gasteiger charge is 2.63. The minimum atomic E-state index is -4.49. The van der Waals surface area contributed by atoms with Crippen LogP contribution in [0.5, 0.6) is 0 Å². The summed E-state index contributed by atoms with van der Waals surface area (Å²) >= 11 is 0. The van der Waals surface area contributed by atoms with Crippen molar-refractivity contribution in [1.82, 2.24) is 0 Å². The van der Waals surface area contributed by atoms with Crippen molar-refractivity contribution in [2.24, 2.45) is 98.6 Å². The Hall–Kier alpha value is -4.74. The summed E-state index contributed by atoms with van der Waals surface area (Å²) in [6.07, 6.45) is 14.9. The molecule has 0 amide bonds. The zero-order chi connectivity index (χ0) is 68.6. The Bertz CT molecular complexity index is 2380. The smallest absolute Gasteiger partial charge is 0.416 e. The van der Waals surface area contributed by atoms with Crippen molar-refractivity contribution in [1.29, 1.82) is 0 Å². The molecule has 0 radical (unpaired) electrons. The predicted octanol–water partition coefficient (Wildman–Crippen LogP) is 16.4. The number of benzene rings is 1. The summed E-state index contributed by atoms with van der Waals surface area (Å²) < 4.78 is 51.1. The van der Waals surface area contributed by atoms with Crippen LogP contribution in [0.25, 0.3) is 0 Å². The summed E-state index contributed by atoms with van der Waals surface area (Å²) in [6.45, 7) is 29.8. The van der Waals surface area contributed by atoms with Crippen molar-refractivity contribution >= 4 is 41.8 Å². The van der Waals surface area contributed by atoms with Crippen molar-refractivity contribution < 1.29 is 86.5 Å². The van der Waals surface area contributed by atoms with Gasteiger partial charge in [-0.1, -0.05) is 73.4 Å². The molecule has 0 saturated heterocycles. The quantitative estimate of drug-likeness (QED) is 0.0622. The van der Waals surface area contributed by atoms with E-state index in [0.717, 1.165) is 100 Å². The third kappa shape index (κ3) is 22.2. The highest BCUT2D eigenvalue weighted by molar-refractivity contribution is 5.87. The number of aliphatic carboxylic acids is 3. The van der Waals surface area contributed by atoms with E-state index in [9.17, 15) is 56.9 Å². The summed E-state index contributed by atoms with van der Waals surface area (Å²) in [5, 5.41) is 44.6. The number of aliphatic hydroxyl groups is 1. The number of carbonyl (C=O) groups is 7. The largest absolute Gasteiger partial charge is 0.481 e. The van der Waals surface area contributed by atoms with Crippen molar-refractivity contribution in [3.8, 4) is 0 Å². The topological polar surface area (TPSA) is 248 Å². The molecule has 512 valence electrons. The summed E-state index contributed by atoms with van der Waals surface area (Å²) in [7, 11) is 4.25. The van der Waals surface area contributed by atoms with Crippen LogP contribution in [0.3, 0.4) is 0 Å². The number of rotatable bonds is 15. The van der Waals surface area contributed by atoms with Crippen LogP contribution in [-0.4, -0.2) is 100 Å². The fourth-order valence-corrected chi connectivity index (χ4v) is 14.3. The highest BCUT2D eigenvalue weighted by atomic mass is 19.4. The van der Waals surface area contributed by atoms with Crippen LogP contribution in [0.4, 0.5) is 13.2 Å². The first-order valence-corrected chi connectivity index (χ1v) is 33.0. The second kappa shape index (κ2) is 33.7. The molecule has 0 spiro atoms. The molecule has 0 aliphatic heterocycles. The molecule has 8 aliphatic rings. The van der Waals surface area contributed by atoms with Gasteiger partial charge in [0, 0.05) is 0 Å². The first-order chi connectivity index (χ1) is 40.9. The van der Waals surface area contributed by atoms with Gasteiger partial charge >= 0.3 is 48.0 Å². The Morgan fingerprint density at radius 3 is 1.15 bits per heavy atom. The molecule has 5 N–H and O–H groups in total. The van der Waals surface area contributed by atoms with Crippen molar-refractivity contribution in [3.05, 3.63) is 35.4 Å². The normalized spacial score (nSPS) is 27.9. The molecule has 1 aromatic carbocycles. The maximum atomic E-state index is 12.5. The van der Waals surface area contributed by atoms with Gasteiger partial charge in [-0.15, -0.1) is 0 Å². The number of aromatic carboxylic acids is 1. The van der Waals surface area contributed by atoms with E-state index in [2.05, 4.69) is 35.0 Å². The van der Waals surface area contributed by atoms with E-state index < -0.39 is 41.1 Å². The Labute approximate surface area is 531 Å². The van der Waals surface area contributed by atoms with Crippen molar-refractivity contribution in [2.45, 2.75) is 250 Å². The van der Waals surface area contributed by atoms with Crippen molar-refractivity contribution in [3.63, 3.8) is 0 Å². The zero-order valence-electron chi connectivity index (χ0n) is 57.7. The molecule has 89 heavy (non-hydrogen) atoms. The number of carboxylic acids is 4. The standard InChI is InChI=1S/C13H18O2.C12H16O2.C11H17F3O.C8H12O2.3C7H14O2.C6H12O2/c14-13(15)10-5-8-4-9(10)12-7-2-1-6(3-7)11(8)12;1-4-12(2,3)10-7-5-9(6-8-10)11(13)14;1-10(15,11(12,13)14)6-9-5-7-2-3-8(9)4-7;9-8(10)7-4-5-1-2-6(7)3-5;3*1-5-7(2,3)6(8)9-4;1-4-6(2,3)5(7)8/h6-12H,1-5H2,(H,14,15);5-8H,4H2,1-3H3,(H,13,14);7-9,15H,2-6H2,1H3;5-7H,1-4H2,(H,9,10);3*5H2,1-4H3;4H2,1-3H3,(H,7,8). The molecule has 0 heterocycles. The molecule has 8 bridgehead atoms. The number of fused-ring (bicyclic) bond motifs is 13. The van der Waals surface area contributed by atoms with Crippen LogP contribution in [-0.2, 0) is 48.4 Å². The van der Waals surface area contributed by atoms with E-state index in [1.165, 1.54) is 78.3 Å². The zero-order valence-corrected chi connectivity index (χ0v) is 57.7. The van der Waals surface area contributed by atoms with Gasteiger partial charge in [0.1, 0.15) is 0 Å². The first-order valence-electron chi connectivity index (χ1n) is 33.0. The van der Waals surface area contributed by atoms with Crippen LogP contribution < -0.4 is 0 Å². The van der Waals surface area contributed by atoms with Crippen LogP contribution in [0.2, 0.25) is 0 Å². The van der Waals surface area contributed by atoms with E-state index in [4.69, 9.17) is 15.3 Å². The molecule has 9 rings (SSSR count). The van der Waals surface area contributed by atoms with E-state index in [-0.39, 0.29) is 63.7 Å². The molecular weight excluding hydrogens is 1150 g/mol. The summed E-state index contributed by atoms with van der Waals surface area (Å²) in [6, 6.07) is 7.12. The molecular formula is C71H117F3O15. The summed E-state index contributed by atoms with van der Waals surface area (Å²) in [5.74, 6) is 4.43. The average Bonchev–Trinajstić information content (AvgIpc) is 1.56. The van der Waals surface area contributed by atoms with Crippen LogP contribution in [0.15, 0.2) is 24.3 Å². The Morgan fingerprint density at radius 2 is 0.865 bits per heavy atom. The molecule has 18 heteroatoms. The number of methoxy groups -OCH3 is 3. The Balaban J connectivity index is 0.000000352. The number of ether oxygens (including phenoxy) is 3. The van der Waals surface area contributed by atoms with Gasteiger partial charge in [-0.25, -0.2) is 4.79 Å². The maximum Gasteiger partial charge on any atom is 0.416 e. The minimum Gasteiger partial charge on any atom is -0.481 e. The Kier molecular flexibility index (Phi) is 30.4. The fourth-order valence-electron chi connectivity index (χ4n) is 14.3. The van der Waals surface area contributed by atoms with Crippen molar-refractivity contribution in [2.75, 3.05) is 21.3 Å². The van der Waals surface area contributed by atoms with Gasteiger partial charge in [0.05, 0.1) is 60.4 Å². The lowest BCUT2D eigenvalue weighted by Crippen LogP contribution is -2.44. The van der Waals surface area contributed by atoms with Crippen LogP contribution >= 0.6 is 0 Å². The molecule has 14 atom stereocenters. The molecule has 8 fully saturated rings. The molecule has 8 aliphatic carbocycles. The van der Waals surface area contributed by atoms with Gasteiger partial charge in [-0.2, -0.15) is 13.2 Å². The number of alkyl halides is 3. The molecule has 8 saturated carbocycles. The number of esters is 3. The fraction of sp³-hybridized carbons (Fsp3) is 0.817. The third-order valence-corrected chi connectivity index (χ3v) is 22.4. The lowest BCUT2D eigenvalue weighted by atomic mass is 9.67. The van der Waals surface area contributed by atoms with Gasteiger partial charge < -0.3 is 39.7 Å². The minimum absolute atomic E-state index is 0.0127. The second-order valence-electron chi connectivity index (χ2n) is 30.2. The maximum absolute atomic E-state index is 12.5. The van der Waals surface area contributed by atoms with Gasteiger partial charge in [0.2, 0.25) is 0 Å². The summed E-state index contributed by atoms with van der Waals surface area (Å²) in [5.41, 5.74) is -2.32. The predicted molar refractivity (Wildman–Crippen MR) is 339 cm³/mol. The summed E-state index contributed by atoms with van der Waals surface area (Å²) in [4.78, 5) is 75.2. The average molecular weight is 1270 g/mol. The van der Waals surface area contributed by atoms with Crippen LogP contribution in [0, 0.1) is 98.6 Å². The van der Waals surface area contributed by atoms with E-state index in [1.54, 1.807) is 26.0 Å². The molecule has 14 unspecified atom stereocenters. The van der Waals surface area contributed by atoms with Gasteiger partial charge in [0.15, 0.2) is 5.60 Å². The van der Waals surface area contributed by atoms with Crippen LogP contribution in [0.1, 0.15) is 249 Å². The SMILES string of the molecule is CC(O)(CC1CC2CCC1C2)C(F)(F)F.CCC(C)(C)C(=O)O.CCC(C)(C)C(=O)OC.CCC(C)(C)C(=O)OC.CCC(C)(C)C(=O)OC.CCC(C)(C)c1ccc(C(=O)O)cc1.O=C(O)C1CC2CC1C1C3CCC(C3)C21.O=C(O)C1CC2CCC1C2. The number of hydrogen-bond acceptors (Lipinski definition) is 11. The van der Waals surface area contributed by atoms with Gasteiger partial charge in [-0.05, 0) is 260 Å². The number of carboxylic acid groups (broad SMARTS) is 4. The third-order valence-electron chi connectivity index (χ3n) is 22.4. The van der Waals surface area contributed by atoms with Gasteiger partial charge in [0.25, 0.3) is 0 Å². The number of halogens is 3. The second-order valence-corrected chi connectivity index (χ2v) is 30.2. The molecule has 1 aromatic rings. The number of hydrogen-bond donors (Lipinski definition) is 5. The molecule has 0 aromatic heterocycles. The first kappa shape index (κ1) is 80.4. The Morgan fingerprint density at radius 1 is 0.461 bits per heavy atom. The lowest BCUT2D eigenvalue weighted by Gasteiger charge is -2.37. The monoisotopic (exact) mass is 1270 g/mol. The molecule has 15 nitrogen and oxygen atoms in total.